The van der Waals surface area contributed by atoms with E-state index in [1.54, 1.807) is 6.20 Å². The minimum absolute atomic E-state index is 0.222. The van der Waals surface area contributed by atoms with Crippen LogP contribution in [0.1, 0.15) is 48.6 Å². The number of hydrogen-bond donors (Lipinski definition) is 1. The molecule has 0 amide bonds. The van der Waals surface area contributed by atoms with Crippen LogP contribution in [0.4, 0.5) is 0 Å². The summed E-state index contributed by atoms with van der Waals surface area (Å²) in [5.41, 5.74) is 1.19. The van der Waals surface area contributed by atoms with Crippen LogP contribution in [0.25, 0.3) is 0 Å². The maximum atomic E-state index is 5.56. The summed E-state index contributed by atoms with van der Waals surface area (Å²) in [7, 11) is 0. The highest BCUT2D eigenvalue weighted by Crippen LogP contribution is 2.21. The van der Waals surface area contributed by atoms with Gasteiger partial charge in [0.15, 0.2) is 0 Å². The molecule has 2 heterocycles. The Morgan fingerprint density at radius 1 is 1.33 bits per heavy atom. The number of furan rings is 1. The van der Waals surface area contributed by atoms with Gasteiger partial charge in [0.05, 0.1) is 12.7 Å². The number of nitrogens with zero attached hydrogens (tertiary/aromatic N) is 1. The van der Waals surface area contributed by atoms with Crippen LogP contribution in [0.5, 0.6) is 0 Å². The van der Waals surface area contributed by atoms with Crippen LogP contribution in [-0.2, 0) is 13.0 Å². The van der Waals surface area contributed by atoms with E-state index in [2.05, 4.69) is 30.2 Å². The second-order valence-corrected chi connectivity index (χ2v) is 4.55. The molecular formula is C14H20N2O2. The third-order valence-electron chi connectivity index (χ3n) is 3.06. The van der Waals surface area contributed by atoms with Gasteiger partial charge in [0.1, 0.15) is 17.3 Å². The fourth-order valence-electron chi connectivity index (χ4n) is 2.02. The van der Waals surface area contributed by atoms with Crippen LogP contribution in [0.15, 0.2) is 21.1 Å². The largest absolute Gasteiger partial charge is 0.466 e. The van der Waals surface area contributed by atoms with Gasteiger partial charge in [0, 0.05) is 18.0 Å². The summed E-state index contributed by atoms with van der Waals surface area (Å²) in [6.07, 6.45) is 2.66. The van der Waals surface area contributed by atoms with Crippen molar-refractivity contribution in [2.24, 2.45) is 0 Å². The molecule has 1 atom stereocenters. The van der Waals surface area contributed by atoms with E-state index < -0.39 is 0 Å². The fourth-order valence-corrected chi connectivity index (χ4v) is 2.02. The summed E-state index contributed by atoms with van der Waals surface area (Å²) in [4.78, 5) is 4.23. The maximum Gasteiger partial charge on any atom is 0.208 e. The van der Waals surface area contributed by atoms with Gasteiger partial charge in [-0.2, -0.15) is 0 Å². The topological polar surface area (TPSA) is 51.2 Å². The zero-order valence-corrected chi connectivity index (χ0v) is 11.4. The first-order valence-corrected chi connectivity index (χ1v) is 6.34. The average molecular weight is 248 g/mol. The standard InChI is InChI=1S/C14H20N2O2/c1-5-12-7-16-14(18-12)8-15-10(3)13-6-9(2)17-11(13)4/h6-7,10,15H,5,8H2,1-4H3. The van der Waals surface area contributed by atoms with Crippen molar-refractivity contribution >= 4 is 0 Å². The average Bonchev–Trinajstić information content (AvgIpc) is 2.92. The van der Waals surface area contributed by atoms with E-state index in [9.17, 15) is 0 Å². The van der Waals surface area contributed by atoms with Gasteiger partial charge < -0.3 is 14.2 Å². The third kappa shape index (κ3) is 2.82. The van der Waals surface area contributed by atoms with Crippen molar-refractivity contribution in [3.63, 3.8) is 0 Å². The maximum absolute atomic E-state index is 5.56. The van der Waals surface area contributed by atoms with Gasteiger partial charge in [-0.1, -0.05) is 6.92 Å². The van der Waals surface area contributed by atoms with Crippen molar-refractivity contribution in [3.05, 3.63) is 41.0 Å². The molecule has 2 aromatic rings. The molecule has 2 aromatic heterocycles. The van der Waals surface area contributed by atoms with E-state index in [-0.39, 0.29) is 6.04 Å². The molecule has 0 saturated heterocycles. The van der Waals surface area contributed by atoms with Gasteiger partial charge in [0.2, 0.25) is 5.89 Å². The van der Waals surface area contributed by atoms with Crippen molar-refractivity contribution in [3.8, 4) is 0 Å². The summed E-state index contributed by atoms with van der Waals surface area (Å²) in [6.45, 7) is 8.75. The van der Waals surface area contributed by atoms with Crippen LogP contribution in [0.3, 0.4) is 0 Å². The van der Waals surface area contributed by atoms with Crippen LogP contribution >= 0.6 is 0 Å². The molecule has 4 heteroatoms. The number of oxazole rings is 1. The molecule has 0 spiro atoms. The van der Waals surface area contributed by atoms with Crippen molar-refractivity contribution in [1.82, 2.24) is 10.3 Å². The molecule has 0 aliphatic rings. The molecule has 98 valence electrons. The molecule has 18 heavy (non-hydrogen) atoms. The molecule has 2 rings (SSSR count). The van der Waals surface area contributed by atoms with Crippen molar-refractivity contribution in [1.29, 1.82) is 0 Å². The van der Waals surface area contributed by atoms with E-state index >= 15 is 0 Å². The van der Waals surface area contributed by atoms with E-state index in [0.29, 0.717) is 6.54 Å². The molecule has 0 fully saturated rings. The van der Waals surface area contributed by atoms with Gasteiger partial charge in [-0.15, -0.1) is 0 Å². The first-order chi connectivity index (χ1) is 8.60. The van der Waals surface area contributed by atoms with Crippen molar-refractivity contribution in [2.45, 2.75) is 46.7 Å². The van der Waals surface area contributed by atoms with Gasteiger partial charge in [0.25, 0.3) is 0 Å². The van der Waals surface area contributed by atoms with Crippen LogP contribution in [0.2, 0.25) is 0 Å². The van der Waals surface area contributed by atoms with Gasteiger partial charge >= 0.3 is 0 Å². The highest BCUT2D eigenvalue weighted by Gasteiger charge is 2.13. The lowest BCUT2D eigenvalue weighted by atomic mass is 10.1. The second kappa shape index (κ2) is 5.40. The Kier molecular flexibility index (Phi) is 3.87. The first kappa shape index (κ1) is 12.9. The van der Waals surface area contributed by atoms with Crippen molar-refractivity contribution < 1.29 is 8.83 Å². The Labute approximate surface area is 107 Å². The monoisotopic (exact) mass is 248 g/mol. The van der Waals surface area contributed by atoms with Crippen molar-refractivity contribution in [2.75, 3.05) is 0 Å². The fraction of sp³-hybridized carbons (Fsp3) is 0.500. The smallest absolute Gasteiger partial charge is 0.208 e. The highest BCUT2D eigenvalue weighted by molar-refractivity contribution is 5.23. The Bertz CT molecular complexity index is 514. The molecule has 0 saturated carbocycles. The van der Waals surface area contributed by atoms with E-state index in [4.69, 9.17) is 8.83 Å². The van der Waals surface area contributed by atoms with E-state index in [1.807, 2.05) is 13.8 Å². The summed E-state index contributed by atoms with van der Waals surface area (Å²) < 4.78 is 11.1. The number of hydrogen-bond acceptors (Lipinski definition) is 4. The second-order valence-electron chi connectivity index (χ2n) is 4.55. The van der Waals surface area contributed by atoms with E-state index in [1.165, 1.54) is 5.56 Å². The molecule has 0 aliphatic heterocycles. The molecule has 4 nitrogen and oxygen atoms in total. The zero-order chi connectivity index (χ0) is 13.1. The predicted octanol–water partition coefficient (Wildman–Crippen LogP) is 3.30. The summed E-state index contributed by atoms with van der Waals surface area (Å²) in [5.74, 6) is 3.57. The molecule has 1 N–H and O–H groups in total. The zero-order valence-electron chi connectivity index (χ0n) is 11.4. The Morgan fingerprint density at radius 3 is 2.67 bits per heavy atom. The SMILES string of the molecule is CCc1cnc(CNC(C)c2cc(C)oc2C)o1. The van der Waals surface area contributed by atoms with Crippen LogP contribution in [-0.4, -0.2) is 4.98 Å². The van der Waals surface area contributed by atoms with E-state index in [0.717, 1.165) is 29.6 Å². The molecule has 0 radical (unpaired) electrons. The number of aromatic nitrogens is 1. The summed E-state index contributed by atoms with van der Waals surface area (Å²) in [5, 5.41) is 3.39. The Balaban J connectivity index is 1.95. The lowest BCUT2D eigenvalue weighted by Gasteiger charge is -2.11. The number of nitrogens with one attached hydrogen (secondary N) is 1. The predicted molar refractivity (Wildman–Crippen MR) is 69.3 cm³/mol. The molecule has 0 bridgehead atoms. The minimum atomic E-state index is 0.222. The van der Waals surface area contributed by atoms with Crippen LogP contribution in [0, 0.1) is 13.8 Å². The first-order valence-electron chi connectivity index (χ1n) is 6.34. The Morgan fingerprint density at radius 2 is 2.11 bits per heavy atom. The highest BCUT2D eigenvalue weighted by atomic mass is 16.4. The summed E-state index contributed by atoms with van der Waals surface area (Å²) in [6, 6.07) is 2.29. The molecule has 0 aliphatic carbocycles. The minimum Gasteiger partial charge on any atom is -0.466 e. The molecular weight excluding hydrogens is 228 g/mol. The van der Waals surface area contributed by atoms with Gasteiger partial charge in [-0.25, -0.2) is 4.98 Å². The third-order valence-corrected chi connectivity index (χ3v) is 3.06. The quantitative estimate of drug-likeness (QED) is 0.882. The number of rotatable bonds is 5. The van der Waals surface area contributed by atoms with Crippen LogP contribution < -0.4 is 5.32 Å². The normalized spacial score (nSPS) is 12.9. The molecule has 1 unspecified atom stereocenters. The Hall–Kier alpha value is -1.55. The van der Waals surface area contributed by atoms with Gasteiger partial charge in [-0.05, 0) is 26.8 Å². The van der Waals surface area contributed by atoms with Gasteiger partial charge in [-0.3, -0.25) is 0 Å². The number of aryl methyl sites for hydroxylation is 3. The lowest BCUT2D eigenvalue weighted by molar-refractivity contribution is 0.421. The summed E-state index contributed by atoms with van der Waals surface area (Å²) >= 11 is 0. The molecule has 0 aromatic carbocycles. The lowest BCUT2D eigenvalue weighted by Crippen LogP contribution is -2.18.